The standard InChI is InChI=1S/C9H12ClN3O3/c1-4-9(2,3)16-8-6(13(14)15)7(10)11-5-12-8/h5H,4H2,1-3H3. The van der Waals surface area contributed by atoms with E-state index in [9.17, 15) is 10.1 Å². The third-order valence-corrected chi connectivity index (χ3v) is 2.43. The summed E-state index contributed by atoms with van der Waals surface area (Å²) >= 11 is 5.62. The summed E-state index contributed by atoms with van der Waals surface area (Å²) in [4.78, 5) is 17.4. The van der Waals surface area contributed by atoms with Gasteiger partial charge in [-0.05, 0) is 20.3 Å². The lowest BCUT2D eigenvalue weighted by Crippen LogP contribution is -2.27. The topological polar surface area (TPSA) is 78.2 Å². The molecule has 0 spiro atoms. The lowest BCUT2D eigenvalue weighted by Gasteiger charge is -2.23. The second kappa shape index (κ2) is 4.61. The van der Waals surface area contributed by atoms with Crippen molar-refractivity contribution in [2.75, 3.05) is 0 Å². The first-order valence-corrected chi connectivity index (χ1v) is 5.09. The van der Waals surface area contributed by atoms with Gasteiger partial charge in [0, 0.05) is 0 Å². The maximum Gasteiger partial charge on any atom is 0.367 e. The smallest absolute Gasteiger partial charge is 0.367 e. The fourth-order valence-electron chi connectivity index (χ4n) is 0.905. The molecule has 0 N–H and O–H groups in total. The van der Waals surface area contributed by atoms with Crippen molar-refractivity contribution in [3.63, 3.8) is 0 Å². The van der Waals surface area contributed by atoms with Gasteiger partial charge >= 0.3 is 5.69 Å². The molecule has 0 saturated heterocycles. The normalized spacial score (nSPS) is 11.2. The molecule has 1 aromatic rings. The number of hydrogen-bond donors (Lipinski definition) is 0. The summed E-state index contributed by atoms with van der Waals surface area (Å²) in [5.74, 6) is -0.100. The summed E-state index contributed by atoms with van der Waals surface area (Å²) < 4.78 is 5.45. The molecule has 1 heterocycles. The number of halogens is 1. The molecular weight excluding hydrogens is 234 g/mol. The molecular formula is C9H12ClN3O3. The molecule has 88 valence electrons. The molecule has 0 aromatic carbocycles. The molecule has 0 fully saturated rings. The van der Waals surface area contributed by atoms with Crippen LogP contribution >= 0.6 is 11.6 Å². The van der Waals surface area contributed by atoms with Crippen molar-refractivity contribution in [2.45, 2.75) is 32.8 Å². The first kappa shape index (κ1) is 12.6. The predicted molar refractivity (Wildman–Crippen MR) is 58.7 cm³/mol. The summed E-state index contributed by atoms with van der Waals surface area (Å²) in [7, 11) is 0. The Labute approximate surface area is 97.8 Å². The lowest BCUT2D eigenvalue weighted by molar-refractivity contribution is -0.386. The lowest BCUT2D eigenvalue weighted by atomic mass is 10.1. The third-order valence-electron chi connectivity index (χ3n) is 2.15. The van der Waals surface area contributed by atoms with Crippen LogP contribution in [0.5, 0.6) is 5.88 Å². The minimum atomic E-state index is -0.649. The zero-order chi connectivity index (χ0) is 12.3. The van der Waals surface area contributed by atoms with Crippen LogP contribution in [0.3, 0.4) is 0 Å². The van der Waals surface area contributed by atoms with Gasteiger partial charge in [-0.1, -0.05) is 18.5 Å². The molecule has 1 aromatic heterocycles. The average molecular weight is 246 g/mol. The number of ether oxygens (including phenoxy) is 1. The summed E-state index contributed by atoms with van der Waals surface area (Å²) in [5, 5.41) is 10.6. The minimum Gasteiger partial charge on any atom is -0.467 e. The number of aromatic nitrogens is 2. The van der Waals surface area contributed by atoms with Gasteiger partial charge in [-0.2, -0.15) is 4.98 Å². The number of rotatable bonds is 4. The van der Waals surface area contributed by atoms with E-state index in [0.717, 1.165) is 6.33 Å². The minimum absolute atomic E-state index is 0.100. The van der Waals surface area contributed by atoms with E-state index in [1.54, 1.807) is 0 Å². The Bertz CT molecular complexity index is 409. The van der Waals surface area contributed by atoms with Crippen molar-refractivity contribution in [2.24, 2.45) is 0 Å². The zero-order valence-electron chi connectivity index (χ0n) is 9.23. The molecule has 0 unspecified atom stereocenters. The van der Waals surface area contributed by atoms with Crippen LogP contribution < -0.4 is 4.74 Å². The molecule has 0 aliphatic carbocycles. The predicted octanol–water partition coefficient (Wildman–Crippen LogP) is 2.61. The molecule has 0 aliphatic rings. The second-order valence-corrected chi connectivity index (χ2v) is 4.15. The van der Waals surface area contributed by atoms with Crippen molar-refractivity contribution in [3.8, 4) is 5.88 Å². The monoisotopic (exact) mass is 245 g/mol. The summed E-state index contributed by atoms with van der Waals surface area (Å²) in [6, 6.07) is 0. The van der Waals surface area contributed by atoms with Gasteiger partial charge in [0.25, 0.3) is 5.88 Å². The highest BCUT2D eigenvalue weighted by Gasteiger charge is 2.28. The van der Waals surface area contributed by atoms with Crippen molar-refractivity contribution >= 4 is 17.3 Å². The maximum absolute atomic E-state index is 10.8. The third kappa shape index (κ3) is 2.79. The molecule has 0 saturated carbocycles. The summed E-state index contributed by atoms with van der Waals surface area (Å²) in [5.41, 5.74) is -0.937. The quantitative estimate of drug-likeness (QED) is 0.463. The van der Waals surface area contributed by atoms with Crippen LogP contribution in [0, 0.1) is 10.1 Å². The van der Waals surface area contributed by atoms with Gasteiger partial charge in [0.15, 0.2) is 0 Å². The maximum atomic E-state index is 10.8. The Hall–Kier alpha value is -1.43. The number of nitro groups is 1. The zero-order valence-corrected chi connectivity index (χ0v) is 9.98. The highest BCUT2D eigenvalue weighted by atomic mass is 35.5. The summed E-state index contributed by atoms with van der Waals surface area (Å²) in [6.07, 6.45) is 1.82. The van der Waals surface area contributed by atoms with Crippen LogP contribution in [0.15, 0.2) is 6.33 Å². The van der Waals surface area contributed by atoms with Crippen molar-refractivity contribution < 1.29 is 9.66 Å². The van der Waals surface area contributed by atoms with Crippen LogP contribution in [0.1, 0.15) is 27.2 Å². The Kier molecular flexibility index (Phi) is 3.64. The Morgan fingerprint density at radius 3 is 2.69 bits per heavy atom. The van der Waals surface area contributed by atoms with Crippen LogP contribution in [-0.2, 0) is 0 Å². The van der Waals surface area contributed by atoms with Gasteiger partial charge in [0.1, 0.15) is 11.9 Å². The van der Waals surface area contributed by atoms with Crippen LogP contribution in [-0.4, -0.2) is 20.5 Å². The van der Waals surface area contributed by atoms with Crippen molar-refractivity contribution in [1.29, 1.82) is 0 Å². The van der Waals surface area contributed by atoms with E-state index in [1.807, 2.05) is 20.8 Å². The van der Waals surface area contributed by atoms with Gasteiger partial charge in [0.2, 0.25) is 5.15 Å². The van der Waals surface area contributed by atoms with E-state index in [-0.39, 0.29) is 11.0 Å². The van der Waals surface area contributed by atoms with Gasteiger partial charge in [-0.3, -0.25) is 10.1 Å². The van der Waals surface area contributed by atoms with E-state index in [2.05, 4.69) is 9.97 Å². The SMILES string of the molecule is CCC(C)(C)Oc1ncnc(Cl)c1[N+](=O)[O-]. The Morgan fingerprint density at radius 1 is 1.56 bits per heavy atom. The first-order chi connectivity index (χ1) is 7.37. The van der Waals surface area contributed by atoms with Crippen LogP contribution in [0.25, 0.3) is 0 Å². The Morgan fingerprint density at radius 2 is 2.19 bits per heavy atom. The molecule has 0 amide bonds. The molecule has 7 heteroatoms. The molecule has 1 rings (SSSR count). The van der Waals surface area contributed by atoms with Gasteiger partial charge in [-0.15, -0.1) is 0 Å². The molecule has 16 heavy (non-hydrogen) atoms. The fraction of sp³-hybridized carbons (Fsp3) is 0.556. The highest BCUT2D eigenvalue weighted by molar-refractivity contribution is 6.31. The van der Waals surface area contributed by atoms with E-state index in [4.69, 9.17) is 16.3 Å². The number of hydrogen-bond acceptors (Lipinski definition) is 5. The second-order valence-electron chi connectivity index (χ2n) is 3.79. The molecule has 0 atom stereocenters. The van der Waals surface area contributed by atoms with Gasteiger partial charge in [0.05, 0.1) is 4.92 Å². The van der Waals surface area contributed by atoms with Crippen molar-refractivity contribution in [3.05, 3.63) is 21.6 Å². The van der Waals surface area contributed by atoms with Crippen molar-refractivity contribution in [1.82, 2.24) is 9.97 Å². The fourth-order valence-corrected chi connectivity index (χ4v) is 1.10. The van der Waals surface area contributed by atoms with Crippen LogP contribution in [0.4, 0.5) is 5.69 Å². The molecule has 0 radical (unpaired) electrons. The Balaban J connectivity index is 3.14. The van der Waals surface area contributed by atoms with E-state index in [0.29, 0.717) is 6.42 Å². The van der Waals surface area contributed by atoms with E-state index < -0.39 is 16.2 Å². The largest absolute Gasteiger partial charge is 0.467 e. The molecule has 0 bridgehead atoms. The van der Waals surface area contributed by atoms with E-state index >= 15 is 0 Å². The first-order valence-electron chi connectivity index (χ1n) is 4.71. The average Bonchev–Trinajstić information content (AvgIpc) is 2.16. The highest BCUT2D eigenvalue weighted by Crippen LogP contribution is 2.32. The van der Waals surface area contributed by atoms with Crippen LogP contribution in [0.2, 0.25) is 5.15 Å². The number of nitrogens with zero attached hydrogens (tertiary/aromatic N) is 3. The summed E-state index contributed by atoms with van der Waals surface area (Å²) in [6.45, 7) is 5.54. The molecule has 0 aliphatic heterocycles. The van der Waals surface area contributed by atoms with Gasteiger partial charge < -0.3 is 4.74 Å². The van der Waals surface area contributed by atoms with Gasteiger partial charge in [-0.25, -0.2) is 4.98 Å². The van der Waals surface area contributed by atoms with E-state index in [1.165, 1.54) is 0 Å². The molecule has 6 nitrogen and oxygen atoms in total.